The van der Waals surface area contributed by atoms with E-state index in [9.17, 15) is 38.2 Å². The SMILES string of the molecule is O=c1cc(-c2ccc(O)cc2)oc2c([C@@H]3O[C@@H]4COC(c5ccccc5)O[C@H]4[C@H](O)[C@H]3OS(=O)(=O)O)c(O)cc(O)c12. The van der Waals surface area contributed by atoms with E-state index in [1.54, 1.807) is 30.3 Å². The Hall–Kier alpha value is -4.02. The maximum absolute atomic E-state index is 13.1. The monoisotopic (exact) mass is 600 g/mol. The van der Waals surface area contributed by atoms with Crippen LogP contribution in [0.15, 0.2) is 75.9 Å². The smallest absolute Gasteiger partial charge is 0.397 e. The first kappa shape index (κ1) is 28.1. The second-order valence-electron chi connectivity index (χ2n) is 9.81. The quantitative estimate of drug-likeness (QED) is 0.209. The van der Waals surface area contributed by atoms with E-state index in [0.29, 0.717) is 11.1 Å². The van der Waals surface area contributed by atoms with Gasteiger partial charge in [0, 0.05) is 23.3 Å². The van der Waals surface area contributed by atoms with E-state index < -0.39 is 69.7 Å². The number of aromatic hydroxyl groups is 3. The van der Waals surface area contributed by atoms with Gasteiger partial charge < -0.3 is 39.1 Å². The summed E-state index contributed by atoms with van der Waals surface area (Å²) < 4.78 is 61.9. The molecule has 14 heteroatoms. The zero-order chi connectivity index (χ0) is 29.8. The summed E-state index contributed by atoms with van der Waals surface area (Å²) in [4.78, 5) is 13.1. The fourth-order valence-corrected chi connectivity index (χ4v) is 5.72. The van der Waals surface area contributed by atoms with E-state index >= 15 is 0 Å². The highest BCUT2D eigenvalue weighted by Crippen LogP contribution is 2.47. The Balaban J connectivity index is 1.47. The summed E-state index contributed by atoms with van der Waals surface area (Å²) >= 11 is 0. The van der Waals surface area contributed by atoms with Crippen molar-refractivity contribution in [2.24, 2.45) is 0 Å². The molecule has 2 fully saturated rings. The maximum Gasteiger partial charge on any atom is 0.397 e. The zero-order valence-corrected chi connectivity index (χ0v) is 22.2. The van der Waals surface area contributed by atoms with E-state index in [1.807, 2.05) is 0 Å². The van der Waals surface area contributed by atoms with E-state index in [0.717, 1.165) is 12.1 Å². The number of aliphatic hydroxyl groups excluding tert-OH is 1. The maximum atomic E-state index is 13.1. The van der Waals surface area contributed by atoms with E-state index in [1.165, 1.54) is 24.3 Å². The molecule has 1 aromatic heterocycles. The van der Waals surface area contributed by atoms with Crippen LogP contribution in [0, 0.1) is 0 Å². The summed E-state index contributed by atoms with van der Waals surface area (Å²) in [6.07, 6.45) is -8.58. The molecule has 13 nitrogen and oxygen atoms in total. The van der Waals surface area contributed by atoms with Crippen molar-refractivity contribution < 1.29 is 56.2 Å². The third kappa shape index (κ3) is 5.20. The molecule has 6 atom stereocenters. The second kappa shape index (κ2) is 10.7. The largest absolute Gasteiger partial charge is 0.508 e. The molecule has 4 aromatic rings. The predicted molar refractivity (Wildman–Crippen MR) is 143 cm³/mol. The summed E-state index contributed by atoms with van der Waals surface area (Å²) in [5.74, 6) is -1.41. The van der Waals surface area contributed by atoms with Crippen molar-refractivity contribution in [3.63, 3.8) is 0 Å². The summed E-state index contributed by atoms with van der Waals surface area (Å²) in [5, 5.41) is 42.1. The molecule has 6 rings (SSSR count). The van der Waals surface area contributed by atoms with Crippen LogP contribution in [0.1, 0.15) is 23.5 Å². The number of hydrogen-bond acceptors (Lipinski definition) is 12. The van der Waals surface area contributed by atoms with E-state index in [4.69, 9.17) is 22.8 Å². The van der Waals surface area contributed by atoms with Crippen LogP contribution in [0.3, 0.4) is 0 Å². The highest BCUT2D eigenvalue weighted by Gasteiger charge is 2.53. The lowest BCUT2D eigenvalue weighted by Gasteiger charge is -2.47. The zero-order valence-electron chi connectivity index (χ0n) is 21.4. The van der Waals surface area contributed by atoms with Crippen molar-refractivity contribution in [1.82, 2.24) is 0 Å². The van der Waals surface area contributed by atoms with Gasteiger partial charge in [-0.2, -0.15) is 8.42 Å². The fraction of sp³-hybridized carbons (Fsp3) is 0.250. The minimum absolute atomic E-state index is 0.0322. The first-order valence-corrected chi connectivity index (χ1v) is 14.0. The summed E-state index contributed by atoms with van der Waals surface area (Å²) in [6, 6.07) is 16.3. The predicted octanol–water partition coefficient (Wildman–Crippen LogP) is 2.68. The van der Waals surface area contributed by atoms with Crippen LogP contribution in [-0.2, 0) is 28.8 Å². The van der Waals surface area contributed by atoms with Gasteiger partial charge in [0.2, 0.25) is 0 Å². The van der Waals surface area contributed by atoms with Gasteiger partial charge in [0.1, 0.15) is 58.9 Å². The number of rotatable bonds is 5. The summed E-state index contributed by atoms with van der Waals surface area (Å²) in [5.41, 5.74) is -0.519. The lowest BCUT2D eigenvalue weighted by Crippen LogP contribution is -2.60. The topological polar surface area (TPSA) is 202 Å². The Kier molecular flexibility index (Phi) is 7.14. The van der Waals surface area contributed by atoms with Gasteiger partial charge in [-0.05, 0) is 24.3 Å². The van der Waals surface area contributed by atoms with Crippen LogP contribution in [0.5, 0.6) is 17.2 Å². The van der Waals surface area contributed by atoms with Crippen molar-refractivity contribution in [1.29, 1.82) is 0 Å². The third-order valence-electron chi connectivity index (χ3n) is 7.09. The minimum Gasteiger partial charge on any atom is -0.508 e. The molecule has 3 heterocycles. The van der Waals surface area contributed by atoms with Gasteiger partial charge in [0.15, 0.2) is 17.3 Å². The van der Waals surface area contributed by atoms with Gasteiger partial charge in [-0.3, -0.25) is 9.35 Å². The molecule has 2 saturated heterocycles. The third-order valence-corrected chi connectivity index (χ3v) is 7.56. The average molecular weight is 601 g/mol. The fourth-order valence-electron chi connectivity index (χ4n) is 5.23. The van der Waals surface area contributed by atoms with E-state index in [2.05, 4.69) is 0 Å². The van der Waals surface area contributed by atoms with Crippen LogP contribution in [0.4, 0.5) is 0 Å². The van der Waals surface area contributed by atoms with Crippen LogP contribution in [0.2, 0.25) is 0 Å². The molecule has 3 aromatic carbocycles. The van der Waals surface area contributed by atoms with Crippen LogP contribution in [-0.4, -0.2) is 64.4 Å². The van der Waals surface area contributed by atoms with Gasteiger partial charge in [0.05, 0.1) is 12.2 Å². The molecule has 0 amide bonds. The van der Waals surface area contributed by atoms with Gasteiger partial charge in [0.25, 0.3) is 0 Å². The van der Waals surface area contributed by atoms with Crippen molar-refractivity contribution in [3.8, 4) is 28.6 Å². The number of phenols is 3. The summed E-state index contributed by atoms with van der Waals surface area (Å²) in [6.45, 7) is -0.143. The Bertz CT molecular complexity index is 1790. The number of benzene rings is 3. The number of ether oxygens (including phenoxy) is 3. The molecular weight excluding hydrogens is 576 g/mol. The number of fused-ring (bicyclic) bond motifs is 2. The summed E-state index contributed by atoms with van der Waals surface area (Å²) in [7, 11) is -5.21. The van der Waals surface area contributed by atoms with Crippen LogP contribution >= 0.6 is 0 Å². The van der Waals surface area contributed by atoms with Crippen LogP contribution in [0.25, 0.3) is 22.3 Å². The lowest BCUT2D eigenvalue weighted by molar-refractivity contribution is -0.327. The Morgan fingerprint density at radius 2 is 1.62 bits per heavy atom. The molecule has 0 radical (unpaired) electrons. The van der Waals surface area contributed by atoms with Crippen molar-refractivity contribution in [2.45, 2.75) is 36.8 Å². The van der Waals surface area contributed by atoms with Gasteiger partial charge in [-0.1, -0.05) is 30.3 Å². The molecule has 0 saturated carbocycles. The lowest BCUT2D eigenvalue weighted by atomic mass is 9.89. The van der Waals surface area contributed by atoms with Crippen LogP contribution < -0.4 is 5.43 Å². The Labute approximate surface area is 237 Å². The standard InChI is InChI=1S/C28H24O13S/c29-15-8-6-13(7-9-15)19-11-18(32)21-16(30)10-17(31)22(25(21)38-19)26-27(41-42(34,35)36)23(33)24-20(39-26)12-37-28(40-24)14-4-2-1-3-5-14/h1-11,20,23-24,26-31,33H,12H2,(H,34,35,36)/t20-,23+,24-,26+,27-,28?/m1/s1. The second-order valence-corrected chi connectivity index (χ2v) is 10.9. The Morgan fingerprint density at radius 1 is 0.905 bits per heavy atom. The molecular formula is C28H24O13S. The molecule has 2 aliphatic rings. The molecule has 220 valence electrons. The van der Waals surface area contributed by atoms with Gasteiger partial charge in [-0.15, -0.1) is 0 Å². The highest BCUT2D eigenvalue weighted by atomic mass is 32.3. The average Bonchev–Trinajstić information content (AvgIpc) is 2.94. The molecule has 1 unspecified atom stereocenters. The number of hydrogen-bond donors (Lipinski definition) is 5. The van der Waals surface area contributed by atoms with E-state index in [-0.39, 0.29) is 29.1 Å². The normalized spacial score (nSPS) is 26.1. The number of aliphatic hydroxyl groups is 1. The van der Waals surface area contributed by atoms with Crippen molar-refractivity contribution in [2.75, 3.05) is 6.61 Å². The van der Waals surface area contributed by atoms with Gasteiger partial charge >= 0.3 is 10.4 Å². The molecule has 0 spiro atoms. The molecule has 0 bridgehead atoms. The van der Waals surface area contributed by atoms with Crippen molar-refractivity contribution in [3.05, 3.63) is 88.1 Å². The minimum atomic E-state index is -5.21. The molecule has 42 heavy (non-hydrogen) atoms. The first-order valence-electron chi connectivity index (χ1n) is 12.6. The van der Waals surface area contributed by atoms with Gasteiger partial charge in [-0.25, -0.2) is 4.18 Å². The molecule has 0 aliphatic carbocycles. The molecule has 2 aliphatic heterocycles. The van der Waals surface area contributed by atoms with Crippen molar-refractivity contribution >= 4 is 21.4 Å². The molecule has 5 N–H and O–H groups in total. The number of phenolic OH excluding ortho intramolecular Hbond substituents is 3. The first-order chi connectivity index (χ1) is 20.0. The highest BCUT2D eigenvalue weighted by molar-refractivity contribution is 7.80. The Morgan fingerprint density at radius 3 is 2.31 bits per heavy atom.